The number of aromatic nitrogens is 2. The highest BCUT2D eigenvalue weighted by molar-refractivity contribution is 7.07. The summed E-state index contributed by atoms with van der Waals surface area (Å²) >= 11 is 1.79. The summed E-state index contributed by atoms with van der Waals surface area (Å²) in [5.74, 6) is 0.891. The highest BCUT2D eigenvalue weighted by Gasteiger charge is 2.40. The molecule has 0 aliphatic carbocycles. The van der Waals surface area contributed by atoms with Crippen molar-refractivity contribution in [2.75, 3.05) is 31.2 Å². The quantitative estimate of drug-likeness (QED) is 0.858. The number of fused-ring (bicyclic) bond motifs is 4. The Morgan fingerprint density at radius 3 is 3.00 bits per heavy atom. The summed E-state index contributed by atoms with van der Waals surface area (Å²) < 4.78 is 5.44. The maximum atomic E-state index is 5.44. The number of anilines is 1. The molecule has 0 saturated carbocycles. The second-order valence-electron chi connectivity index (χ2n) is 6.93. The van der Waals surface area contributed by atoms with Gasteiger partial charge in [0.2, 0.25) is 5.95 Å². The molecule has 5 heterocycles. The lowest BCUT2D eigenvalue weighted by atomic mass is 9.99. The van der Waals surface area contributed by atoms with E-state index in [1.165, 1.54) is 29.7 Å². The minimum atomic E-state index is 0.498. The van der Waals surface area contributed by atoms with Gasteiger partial charge in [-0.25, -0.2) is 9.97 Å². The van der Waals surface area contributed by atoms with Crippen molar-refractivity contribution < 1.29 is 4.74 Å². The van der Waals surface area contributed by atoms with E-state index in [-0.39, 0.29) is 0 Å². The van der Waals surface area contributed by atoms with Crippen molar-refractivity contribution in [3.05, 3.63) is 39.8 Å². The normalized spacial score (nSPS) is 26.6. The first-order chi connectivity index (χ1) is 11.9. The highest BCUT2D eigenvalue weighted by Crippen LogP contribution is 2.44. The van der Waals surface area contributed by atoms with Gasteiger partial charge in [0.1, 0.15) is 0 Å². The Kier molecular flexibility index (Phi) is 3.76. The van der Waals surface area contributed by atoms with Gasteiger partial charge in [0.25, 0.3) is 0 Å². The van der Waals surface area contributed by atoms with Crippen LogP contribution in [-0.4, -0.2) is 47.2 Å². The van der Waals surface area contributed by atoms with Crippen molar-refractivity contribution in [3.63, 3.8) is 0 Å². The van der Waals surface area contributed by atoms with E-state index in [0.29, 0.717) is 12.1 Å². The van der Waals surface area contributed by atoms with Gasteiger partial charge in [-0.3, -0.25) is 4.90 Å². The second-order valence-corrected chi connectivity index (χ2v) is 7.71. The fourth-order valence-corrected chi connectivity index (χ4v) is 4.98. The third-order valence-corrected chi connectivity index (χ3v) is 6.29. The van der Waals surface area contributed by atoms with Crippen LogP contribution in [0.2, 0.25) is 0 Å². The number of rotatable bonds is 3. The number of morpholine rings is 1. The zero-order valence-corrected chi connectivity index (χ0v) is 14.5. The molecule has 6 heteroatoms. The minimum Gasteiger partial charge on any atom is -0.378 e. The molecule has 0 spiro atoms. The van der Waals surface area contributed by atoms with E-state index < -0.39 is 0 Å². The van der Waals surface area contributed by atoms with Crippen LogP contribution in [-0.2, 0) is 17.7 Å². The van der Waals surface area contributed by atoms with Crippen LogP contribution in [0.5, 0.6) is 0 Å². The molecule has 0 amide bonds. The molecule has 2 saturated heterocycles. The van der Waals surface area contributed by atoms with Crippen molar-refractivity contribution in [2.24, 2.45) is 0 Å². The monoisotopic (exact) mass is 342 g/mol. The molecule has 0 aromatic carbocycles. The Hall–Kier alpha value is -1.50. The maximum Gasteiger partial charge on any atom is 0.225 e. The summed E-state index contributed by atoms with van der Waals surface area (Å²) in [6, 6.07) is 3.38. The van der Waals surface area contributed by atoms with Crippen LogP contribution in [0.1, 0.15) is 35.7 Å². The Morgan fingerprint density at radius 2 is 2.17 bits per heavy atom. The number of hydrogen-bond donors (Lipinski definition) is 0. The van der Waals surface area contributed by atoms with Crippen molar-refractivity contribution in [1.82, 2.24) is 14.9 Å². The van der Waals surface area contributed by atoms with E-state index in [9.17, 15) is 0 Å². The van der Waals surface area contributed by atoms with Crippen LogP contribution in [0.25, 0.3) is 0 Å². The summed E-state index contributed by atoms with van der Waals surface area (Å²) in [7, 11) is 0. The molecule has 3 aliphatic rings. The van der Waals surface area contributed by atoms with Crippen LogP contribution in [0.4, 0.5) is 5.95 Å². The summed E-state index contributed by atoms with van der Waals surface area (Å²) in [5.41, 5.74) is 4.07. The van der Waals surface area contributed by atoms with Crippen molar-refractivity contribution in [2.45, 2.75) is 37.9 Å². The van der Waals surface area contributed by atoms with E-state index in [1.54, 1.807) is 11.3 Å². The molecule has 126 valence electrons. The molecule has 3 aliphatic heterocycles. The third-order valence-electron chi connectivity index (χ3n) is 5.56. The van der Waals surface area contributed by atoms with Gasteiger partial charge in [-0.15, -0.1) is 0 Å². The first kappa shape index (κ1) is 14.8. The summed E-state index contributed by atoms with van der Waals surface area (Å²) in [6.45, 7) is 4.41. The largest absolute Gasteiger partial charge is 0.378 e. The van der Waals surface area contributed by atoms with Crippen molar-refractivity contribution in [1.29, 1.82) is 0 Å². The lowest BCUT2D eigenvalue weighted by molar-refractivity contribution is 0.122. The summed E-state index contributed by atoms with van der Waals surface area (Å²) in [6.07, 6.45) is 5.68. The molecule has 0 radical (unpaired) electrons. The first-order valence-electron chi connectivity index (χ1n) is 8.84. The van der Waals surface area contributed by atoms with Crippen LogP contribution in [0.15, 0.2) is 23.0 Å². The minimum absolute atomic E-state index is 0.498. The lowest BCUT2D eigenvalue weighted by Crippen LogP contribution is -2.40. The van der Waals surface area contributed by atoms with E-state index in [4.69, 9.17) is 14.7 Å². The Morgan fingerprint density at radius 1 is 1.25 bits per heavy atom. The van der Waals surface area contributed by atoms with Crippen LogP contribution < -0.4 is 4.90 Å². The molecule has 2 bridgehead atoms. The molecule has 2 fully saturated rings. The molecule has 2 atom stereocenters. The third kappa shape index (κ3) is 2.53. The molecule has 0 N–H and O–H groups in total. The lowest BCUT2D eigenvalue weighted by Gasteiger charge is -2.36. The Labute approximate surface area is 146 Å². The molecular weight excluding hydrogens is 320 g/mol. The van der Waals surface area contributed by atoms with Gasteiger partial charge in [-0.1, -0.05) is 0 Å². The fraction of sp³-hybridized carbons (Fsp3) is 0.556. The zero-order valence-electron chi connectivity index (χ0n) is 13.7. The smallest absolute Gasteiger partial charge is 0.225 e. The maximum absolute atomic E-state index is 5.44. The fourth-order valence-electron chi connectivity index (χ4n) is 4.32. The molecule has 2 aromatic heterocycles. The number of ether oxygens (including phenoxy) is 1. The van der Waals surface area contributed by atoms with Gasteiger partial charge in [-0.2, -0.15) is 11.3 Å². The van der Waals surface area contributed by atoms with E-state index >= 15 is 0 Å². The molecule has 24 heavy (non-hydrogen) atoms. The van der Waals surface area contributed by atoms with Crippen molar-refractivity contribution >= 4 is 17.3 Å². The predicted octanol–water partition coefficient (Wildman–Crippen LogP) is 2.64. The van der Waals surface area contributed by atoms with Crippen LogP contribution in [0.3, 0.4) is 0 Å². The molecule has 5 rings (SSSR count). The van der Waals surface area contributed by atoms with Gasteiger partial charge >= 0.3 is 0 Å². The molecule has 0 unspecified atom stereocenters. The average Bonchev–Trinajstić information content (AvgIpc) is 3.23. The number of nitrogens with zero attached hydrogens (tertiary/aromatic N) is 4. The second kappa shape index (κ2) is 6.10. The standard InChI is InChI=1S/C18H22N4OS/c1-2-17-15-10-19-18(21-4-6-23-7-5-21)20-16(15)9-14(1)22(17)11-13-3-8-24-12-13/h3,8,10,12,14,17H,1-2,4-7,9,11H2/t14-,17-/m0/s1. The van der Waals surface area contributed by atoms with Crippen LogP contribution >= 0.6 is 11.3 Å². The SMILES string of the molecule is c1cc(CN2[C@H]3CC[C@H]2c2cnc(N4CCOCC4)nc2C3)cs1. The first-order valence-corrected chi connectivity index (χ1v) is 9.78. The van der Waals surface area contributed by atoms with Crippen LogP contribution in [0, 0.1) is 0 Å². The van der Waals surface area contributed by atoms with Gasteiger partial charge in [0.05, 0.1) is 18.9 Å². The molecule has 2 aromatic rings. The highest BCUT2D eigenvalue weighted by atomic mass is 32.1. The average molecular weight is 342 g/mol. The Balaban J connectivity index is 1.41. The summed E-state index contributed by atoms with van der Waals surface area (Å²) in [5, 5.41) is 4.44. The van der Waals surface area contributed by atoms with E-state index in [0.717, 1.165) is 45.2 Å². The zero-order chi connectivity index (χ0) is 15.9. The number of thiophene rings is 1. The van der Waals surface area contributed by atoms with Gasteiger partial charge in [0.15, 0.2) is 0 Å². The Bertz CT molecular complexity index is 714. The topological polar surface area (TPSA) is 41.5 Å². The van der Waals surface area contributed by atoms with Crippen molar-refractivity contribution in [3.8, 4) is 0 Å². The van der Waals surface area contributed by atoms with E-state index in [2.05, 4.69) is 32.8 Å². The van der Waals surface area contributed by atoms with Gasteiger partial charge < -0.3 is 9.64 Å². The van der Waals surface area contributed by atoms with E-state index in [1.807, 2.05) is 0 Å². The molecule has 5 nitrogen and oxygen atoms in total. The number of hydrogen-bond acceptors (Lipinski definition) is 6. The summed E-state index contributed by atoms with van der Waals surface area (Å²) in [4.78, 5) is 14.6. The van der Waals surface area contributed by atoms with Gasteiger partial charge in [0, 0.05) is 49.9 Å². The van der Waals surface area contributed by atoms with Gasteiger partial charge in [-0.05, 0) is 35.2 Å². The predicted molar refractivity (Wildman–Crippen MR) is 94.4 cm³/mol. The molecular formula is C18H22N4OS.